The van der Waals surface area contributed by atoms with Gasteiger partial charge in [-0.25, -0.2) is 4.98 Å². The third-order valence-electron chi connectivity index (χ3n) is 4.96. The number of nitrogens with zero attached hydrogens (tertiary/aromatic N) is 3. The summed E-state index contributed by atoms with van der Waals surface area (Å²) in [6, 6.07) is 25.4. The van der Waals surface area contributed by atoms with E-state index in [0.29, 0.717) is 23.0 Å². The van der Waals surface area contributed by atoms with Gasteiger partial charge in [0.25, 0.3) is 5.56 Å². The molecule has 5 rings (SSSR count). The van der Waals surface area contributed by atoms with E-state index in [4.69, 9.17) is 4.42 Å². The van der Waals surface area contributed by atoms with Crippen LogP contribution in [0.5, 0.6) is 0 Å². The molecule has 0 atom stereocenters. The molecule has 162 valence electrons. The Labute approximate surface area is 188 Å². The van der Waals surface area contributed by atoms with Crippen molar-refractivity contribution in [3.05, 3.63) is 107 Å². The summed E-state index contributed by atoms with van der Waals surface area (Å²) in [5.41, 5.74) is 2.31. The molecule has 0 saturated heterocycles. The van der Waals surface area contributed by atoms with E-state index in [1.807, 2.05) is 60.7 Å². The molecule has 0 bridgehead atoms. The van der Waals surface area contributed by atoms with Crippen LogP contribution in [0.3, 0.4) is 0 Å². The van der Waals surface area contributed by atoms with E-state index in [1.165, 1.54) is 17.0 Å². The van der Waals surface area contributed by atoms with Crippen LogP contribution in [0.25, 0.3) is 28.7 Å². The Morgan fingerprint density at radius 3 is 2.42 bits per heavy atom. The van der Waals surface area contributed by atoms with E-state index in [2.05, 4.69) is 20.4 Å². The van der Waals surface area contributed by atoms with Crippen molar-refractivity contribution in [3.8, 4) is 28.7 Å². The zero-order chi connectivity index (χ0) is 22.6. The molecule has 0 aliphatic heterocycles. The molecule has 0 radical (unpaired) electrons. The molecule has 1 amide bonds. The van der Waals surface area contributed by atoms with E-state index < -0.39 is 0 Å². The Hall–Kier alpha value is -4.72. The van der Waals surface area contributed by atoms with Crippen molar-refractivity contribution in [3.63, 3.8) is 0 Å². The van der Waals surface area contributed by atoms with Crippen molar-refractivity contribution in [2.45, 2.75) is 6.42 Å². The lowest BCUT2D eigenvalue weighted by Crippen LogP contribution is -2.19. The van der Waals surface area contributed by atoms with Gasteiger partial charge in [0.1, 0.15) is 11.5 Å². The van der Waals surface area contributed by atoms with Crippen molar-refractivity contribution in [1.29, 1.82) is 0 Å². The number of hydrogen-bond donors (Lipinski definition) is 2. The molecule has 0 spiro atoms. The fraction of sp³-hybridized carbons (Fsp3) is 0.0400. The van der Waals surface area contributed by atoms with Gasteiger partial charge in [0.2, 0.25) is 11.9 Å². The summed E-state index contributed by atoms with van der Waals surface area (Å²) >= 11 is 0. The first kappa shape index (κ1) is 20.2. The number of hydrogen-bond acceptors (Lipinski definition) is 5. The minimum atomic E-state index is -0.338. The molecule has 3 aromatic heterocycles. The Kier molecular flexibility index (Phi) is 5.38. The molecular formula is C25H19N5O3. The second-order valence-electron chi connectivity index (χ2n) is 7.33. The number of amides is 1. The van der Waals surface area contributed by atoms with Crippen LogP contribution >= 0.6 is 0 Å². The quantitative estimate of drug-likeness (QED) is 0.417. The smallest absolute Gasteiger partial charge is 0.252 e. The van der Waals surface area contributed by atoms with Gasteiger partial charge in [-0.1, -0.05) is 60.7 Å². The van der Waals surface area contributed by atoms with Crippen LogP contribution in [0, 0.1) is 0 Å². The molecule has 2 N–H and O–H groups in total. The number of aromatic nitrogens is 4. The van der Waals surface area contributed by atoms with Gasteiger partial charge in [-0.2, -0.15) is 9.78 Å². The minimum absolute atomic E-state index is 0.175. The third-order valence-corrected chi connectivity index (χ3v) is 4.96. The molecule has 2 aromatic carbocycles. The lowest BCUT2D eigenvalue weighted by molar-refractivity contribution is -0.115. The molecule has 5 aromatic rings. The number of carbonyl (C=O) groups is 1. The van der Waals surface area contributed by atoms with Crippen LogP contribution in [0.2, 0.25) is 0 Å². The number of aromatic amines is 1. The highest BCUT2D eigenvalue weighted by molar-refractivity contribution is 5.92. The monoisotopic (exact) mass is 437 g/mol. The molecule has 8 nitrogen and oxygen atoms in total. The second kappa shape index (κ2) is 8.80. The topological polar surface area (TPSA) is 106 Å². The van der Waals surface area contributed by atoms with E-state index in [9.17, 15) is 9.59 Å². The zero-order valence-corrected chi connectivity index (χ0v) is 17.4. The Balaban J connectivity index is 1.54. The Morgan fingerprint density at radius 2 is 1.70 bits per heavy atom. The average Bonchev–Trinajstić information content (AvgIpc) is 3.50. The summed E-state index contributed by atoms with van der Waals surface area (Å²) in [6.07, 6.45) is 1.73. The second-order valence-corrected chi connectivity index (χ2v) is 7.33. The van der Waals surface area contributed by atoms with Crippen LogP contribution in [-0.4, -0.2) is 25.7 Å². The van der Waals surface area contributed by atoms with Crippen LogP contribution < -0.4 is 10.9 Å². The molecule has 0 aliphatic carbocycles. The molecular weight excluding hydrogens is 418 g/mol. The van der Waals surface area contributed by atoms with E-state index in [0.717, 1.165) is 11.1 Å². The van der Waals surface area contributed by atoms with Crippen LogP contribution in [0.1, 0.15) is 5.56 Å². The Morgan fingerprint density at radius 1 is 0.939 bits per heavy atom. The van der Waals surface area contributed by atoms with Crippen LogP contribution in [-0.2, 0) is 11.2 Å². The summed E-state index contributed by atoms with van der Waals surface area (Å²) < 4.78 is 6.86. The molecule has 3 heterocycles. The molecule has 33 heavy (non-hydrogen) atoms. The van der Waals surface area contributed by atoms with Gasteiger partial charge >= 0.3 is 0 Å². The Bertz CT molecular complexity index is 1440. The first-order valence-corrected chi connectivity index (χ1v) is 10.3. The predicted molar refractivity (Wildman–Crippen MR) is 124 cm³/mol. The summed E-state index contributed by atoms with van der Waals surface area (Å²) in [4.78, 5) is 32.5. The number of benzene rings is 2. The van der Waals surface area contributed by atoms with Gasteiger partial charge < -0.3 is 9.73 Å². The molecule has 8 heteroatoms. The molecule has 0 unspecified atom stereocenters. The normalized spacial score (nSPS) is 10.8. The number of anilines is 1. The number of nitrogens with one attached hydrogen (secondary N) is 2. The van der Waals surface area contributed by atoms with Gasteiger partial charge in [-0.05, 0) is 17.7 Å². The number of rotatable bonds is 6. The SMILES string of the molecule is O=C(Cc1ccccc1)Nc1cc(-c2ccco2)nn1-c1nc(-c2ccccc2)cc(=O)[nH]1. The zero-order valence-electron chi connectivity index (χ0n) is 17.4. The number of carbonyl (C=O) groups excluding carboxylic acids is 1. The standard InChI is InChI=1S/C25H19N5O3/c31-23(14-17-8-3-1-4-9-17)27-22-15-20(21-12-7-13-33-21)29-30(22)25-26-19(16-24(32)28-25)18-10-5-2-6-11-18/h1-13,15-16H,14H2,(H,27,31)(H,26,28,32). The van der Waals surface area contributed by atoms with Gasteiger partial charge in [-0.15, -0.1) is 0 Å². The first-order chi connectivity index (χ1) is 16.2. The van der Waals surface area contributed by atoms with Crippen LogP contribution in [0.15, 0.2) is 100 Å². The molecule has 0 aliphatic rings. The maximum atomic E-state index is 12.7. The summed E-state index contributed by atoms with van der Waals surface area (Å²) in [6.45, 7) is 0. The van der Waals surface area contributed by atoms with E-state index >= 15 is 0 Å². The fourth-order valence-corrected chi connectivity index (χ4v) is 3.45. The molecule has 0 fully saturated rings. The first-order valence-electron chi connectivity index (χ1n) is 10.3. The van der Waals surface area contributed by atoms with Gasteiger partial charge in [-0.3, -0.25) is 14.6 Å². The average molecular weight is 437 g/mol. The highest BCUT2D eigenvalue weighted by atomic mass is 16.3. The van der Waals surface area contributed by atoms with Crippen molar-refractivity contribution in [2.24, 2.45) is 0 Å². The van der Waals surface area contributed by atoms with Crippen molar-refractivity contribution >= 4 is 11.7 Å². The van der Waals surface area contributed by atoms with Crippen LogP contribution in [0.4, 0.5) is 5.82 Å². The lowest BCUT2D eigenvalue weighted by Gasteiger charge is -2.09. The van der Waals surface area contributed by atoms with E-state index in [1.54, 1.807) is 18.2 Å². The maximum Gasteiger partial charge on any atom is 0.252 e. The van der Waals surface area contributed by atoms with Gasteiger partial charge in [0.15, 0.2) is 5.76 Å². The van der Waals surface area contributed by atoms with Crippen molar-refractivity contribution in [1.82, 2.24) is 19.7 Å². The highest BCUT2D eigenvalue weighted by Crippen LogP contribution is 2.25. The summed E-state index contributed by atoms with van der Waals surface area (Å²) in [5.74, 6) is 0.827. The fourth-order valence-electron chi connectivity index (χ4n) is 3.45. The molecule has 0 saturated carbocycles. The lowest BCUT2D eigenvalue weighted by atomic mass is 10.1. The van der Waals surface area contributed by atoms with Crippen molar-refractivity contribution < 1.29 is 9.21 Å². The van der Waals surface area contributed by atoms with Crippen molar-refractivity contribution in [2.75, 3.05) is 5.32 Å². The minimum Gasteiger partial charge on any atom is -0.463 e. The summed E-state index contributed by atoms with van der Waals surface area (Å²) in [5, 5.41) is 7.41. The largest absolute Gasteiger partial charge is 0.463 e. The third kappa shape index (κ3) is 4.49. The van der Waals surface area contributed by atoms with Gasteiger partial charge in [0.05, 0.1) is 18.4 Å². The summed E-state index contributed by atoms with van der Waals surface area (Å²) in [7, 11) is 0. The highest BCUT2D eigenvalue weighted by Gasteiger charge is 2.17. The van der Waals surface area contributed by atoms with E-state index in [-0.39, 0.29) is 23.8 Å². The number of H-pyrrole nitrogens is 1. The van der Waals surface area contributed by atoms with Gasteiger partial charge in [0, 0.05) is 17.7 Å². The predicted octanol–water partition coefficient (Wildman–Crippen LogP) is 4.06. The number of furan rings is 1. The maximum absolute atomic E-state index is 12.7.